The maximum absolute atomic E-state index is 13.5. The molecule has 0 aliphatic heterocycles. The number of carboxylic acid groups (broad SMARTS) is 1. The van der Waals surface area contributed by atoms with Crippen LogP contribution in [0.4, 0.5) is 8.78 Å². The topological polar surface area (TPSA) is 63.3 Å². The smallest absolute Gasteiger partial charge is 0.358 e. The van der Waals surface area contributed by atoms with Crippen molar-refractivity contribution in [1.82, 2.24) is 5.16 Å². The summed E-state index contributed by atoms with van der Waals surface area (Å²) in [5.74, 6) is -3.20. The highest BCUT2D eigenvalue weighted by Crippen LogP contribution is 2.29. The van der Waals surface area contributed by atoms with Crippen molar-refractivity contribution < 1.29 is 23.2 Å². The molecule has 17 heavy (non-hydrogen) atoms. The van der Waals surface area contributed by atoms with Crippen LogP contribution < -0.4 is 0 Å². The second kappa shape index (κ2) is 4.14. The maximum atomic E-state index is 13.5. The van der Waals surface area contributed by atoms with E-state index in [4.69, 9.17) is 16.7 Å². The highest BCUT2D eigenvalue weighted by Gasteiger charge is 2.18. The normalized spacial score (nSPS) is 10.5. The summed E-state index contributed by atoms with van der Waals surface area (Å²) in [7, 11) is 0. The molecule has 0 fully saturated rings. The number of aromatic nitrogens is 1. The van der Waals surface area contributed by atoms with Crippen LogP contribution in [0.15, 0.2) is 22.7 Å². The van der Waals surface area contributed by atoms with E-state index in [-0.39, 0.29) is 11.3 Å². The van der Waals surface area contributed by atoms with Gasteiger partial charge in [0.15, 0.2) is 17.3 Å². The standard InChI is InChI=1S/C10H4ClF2NO3/c11-6-2-4(12)1-5(9(6)13)8-3-7(10(15)16)14-17-8/h1-3H,(H,15,16). The van der Waals surface area contributed by atoms with Gasteiger partial charge in [-0.15, -0.1) is 0 Å². The van der Waals surface area contributed by atoms with Gasteiger partial charge in [0.2, 0.25) is 0 Å². The van der Waals surface area contributed by atoms with Gasteiger partial charge in [0.25, 0.3) is 0 Å². The number of hydrogen-bond acceptors (Lipinski definition) is 3. The molecular weight excluding hydrogens is 256 g/mol. The summed E-state index contributed by atoms with van der Waals surface area (Å²) in [6.07, 6.45) is 0. The summed E-state index contributed by atoms with van der Waals surface area (Å²) in [6.45, 7) is 0. The Labute approximate surface area is 98.4 Å². The van der Waals surface area contributed by atoms with Crippen molar-refractivity contribution in [3.05, 3.63) is 40.6 Å². The predicted octanol–water partition coefficient (Wildman–Crippen LogP) is 2.97. The van der Waals surface area contributed by atoms with E-state index in [1.165, 1.54) is 0 Å². The van der Waals surface area contributed by atoms with E-state index in [1.54, 1.807) is 0 Å². The Morgan fingerprint density at radius 3 is 2.65 bits per heavy atom. The van der Waals surface area contributed by atoms with Crippen molar-refractivity contribution in [3.8, 4) is 11.3 Å². The lowest BCUT2D eigenvalue weighted by atomic mass is 10.1. The molecule has 0 saturated carbocycles. The van der Waals surface area contributed by atoms with Gasteiger partial charge in [-0.1, -0.05) is 16.8 Å². The largest absolute Gasteiger partial charge is 0.476 e. The molecule has 1 N–H and O–H groups in total. The lowest BCUT2D eigenvalue weighted by Gasteiger charge is -2.00. The Morgan fingerprint density at radius 2 is 2.06 bits per heavy atom. The number of hydrogen-bond donors (Lipinski definition) is 1. The minimum absolute atomic E-state index is 0.207. The monoisotopic (exact) mass is 259 g/mol. The van der Waals surface area contributed by atoms with Crippen LogP contribution in [0.1, 0.15) is 10.5 Å². The molecule has 0 unspecified atom stereocenters. The molecule has 0 aliphatic rings. The van der Waals surface area contributed by atoms with Crippen molar-refractivity contribution in [2.45, 2.75) is 0 Å². The van der Waals surface area contributed by atoms with Gasteiger partial charge in [-0.3, -0.25) is 0 Å². The third-order valence-corrected chi connectivity index (χ3v) is 2.26. The number of nitrogens with zero attached hydrogens (tertiary/aromatic N) is 1. The van der Waals surface area contributed by atoms with Gasteiger partial charge in [0, 0.05) is 6.07 Å². The zero-order valence-corrected chi connectivity index (χ0v) is 8.83. The molecule has 0 radical (unpaired) electrons. The third kappa shape index (κ3) is 2.12. The molecule has 0 atom stereocenters. The number of carbonyl (C=O) groups is 1. The molecule has 4 nitrogen and oxygen atoms in total. The first kappa shape index (κ1) is 11.5. The van der Waals surface area contributed by atoms with Crippen molar-refractivity contribution in [2.24, 2.45) is 0 Å². The first-order valence-corrected chi connectivity index (χ1v) is 4.71. The first-order chi connectivity index (χ1) is 7.99. The molecule has 0 spiro atoms. The highest BCUT2D eigenvalue weighted by molar-refractivity contribution is 6.31. The molecule has 0 saturated heterocycles. The van der Waals surface area contributed by atoms with Crippen molar-refractivity contribution in [2.75, 3.05) is 0 Å². The Kier molecular flexibility index (Phi) is 2.81. The quantitative estimate of drug-likeness (QED) is 0.842. The molecule has 0 bridgehead atoms. The maximum Gasteiger partial charge on any atom is 0.358 e. The van der Waals surface area contributed by atoms with Crippen LogP contribution >= 0.6 is 11.6 Å². The number of halogens is 3. The summed E-state index contributed by atoms with van der Waals surface area (Å²) in [5.41, 5.74) is -0.685. The minimum Gasteiger partial charge on any atom is -0.476 e. The predicted molar refractivity (Wildman–Crippen MR) is 53.8 cm³/mol. The van der Waals surface area contributed by atoms with E-state index >= 15 is 0 Å². The average molecular weight is 260 g/mol. The Morgan fingerprint density at radius 1 is 1.35 bits per heavy atom. The number of rotatable bonds is 2. The molecule has 1 heterocycles. The van der Waals surface area contributed by atoms with Gasteiger partial charge in [-0.25, -0.2) is 13.6 Å². The van der Waals surface area contributed by atoms with Crippen LogP contribution in [-0.2, 0) is 0 Å². The molecule has 2 aromatic rings. The van der Waals surface area contributed by atoms with E-state index in [1.807, 2.05) is 0 Å². The molecule has 0 amide bonds. The van der Waals surface area contributed by atoms with Crippen LogP contribution in [0.25, 0.3) is 11.3 Å². The molecule has 88 valence electrons. The molecule has 0 aliphatic carbocycles. The molecule has 2 rings (SSSR count). The van der Waals surface area contributed by atoms with Crippen LogP contribution in [0.2, 0.25) is 5.02 Å². The van der Waals surface area contributed by atoms with E-state index in [0.717, 1.165) is 18.2 Å². The summed E-state index contributed by atoms with van der Waals surface area (Å²) in [4.78, 5) is 10.5. The van der Waals surface area contributed by atoms with Gasteiger partial charge in [0.1, 0.15) is 5.82 Å². The van der Waals surface area contributed by atoms with E-state index in [0.29, 0.717) is 0 Å². The molecular formula is C10H4ClF2NO3. The zero-order valence-electron chi connectivity index (χ0n) is 8.08. The van der Waals surface area contributed by atoms with Crippen LogP contribution in [0.3, 0.4) is 0 Å². The van der Waals surface area contributed by atoms with Crippen molar-refractivity contribution >= 4 is 17.6 Å². The van der Waals surface area contributed by atoms with E-state index < -0.39 is 28.3 Å². The average Bonchev–Trinajstić information content (AvgIpc) is 2.72. The molecule has 1 aromatic heterocycles. The number of aromatic carboxylic acids is 1. The Balaban J connectivity index is 2.56. The SMILES string of the molecule is O=C(O)c1cc(-c2cc(F)cc(Cl)c2F)on1. The third-order valence-electron chi connectivity index (χ3n) is 1.99. The summed E-state index contributed by atoms with van der Waals surface area (Å²) in [6, 6.07) is 2.62. The van der Waals surface area contributed by atoms with Crippen LogP contribution in [-0.4, -0.2) is 16.2 Å². The summed E-state index contributed by atoms with van der Waals surface area (Å²) < 4.78 is 31.2. The fourth-order valence-electron chi connectivity index (χ4n) is 1.24. The summed E-state index contributed by atoms with van der Waals surface area (Å²) in [5, 5.41) is 11.4. The lowest BCUT2D eigenvalue weighted by Crippen LogP contribution is -1.94. The van der Waals surface area contributed by atoms with Crippen LogP contribution in [0, 0.1) is 11.6 Å². The van der Waals surface area contributed by atoms with Gasteiger partial charge in [0.05, 0.1) is 10.6 Å². The summed E-state index contributed by atoms with van der Waals surface area (Å²) >= 11 is 5.44. The zero-order chi connectivity index (χ0) is 12.6. The minimum atomic E-state index is -1.33. The van der Waals surface area contributed by atoms with E-state index in [2.05, 4.69) is 9.68 Å². The lowest BCUT2D eigenvalue weighted by molar-refractivity contribution is 0.0686. The fourth-order valence-corrected chi connectivity index (χ4v) is 1.44. The van der Waals surface area contributed by atoms with E-state index in [9.17, 15) is 13.6 Å². The Hall–Kier alpha value is -1.95. The fraction of sp³-hybridized carbons (Fsp3) is 0. The number of benzene rings is 1. The highest BCUT2D eigenvalue weighted by atomic mass is 35.5. The van der Waals surface area contributed by atoms with Gasteiger partial charge in [-0.05, 0) is 12.1 Å². The molecule has 1 aromatic carbocycles. The van der Waals surface area contributed by atoms with Gasteiger partial charge < -0.3 is 9.63 Å². The van der Waals surface area contributed by atoms with Crippen molar-refractivity contribution in [3.63, 3.8) is 0 Å². The second-order valence-corrected chi connectivity index (χ2v) is 3.54. The number of carboxylic acids is 1. The van der Waals surface area contributed by atoms with Crippen LogP contribution in [0.5, 0.6) is 0 Å². The van der Waals surface area contributed by atoms with Crippen molar-refractivity contribution in [1.29, 1.82) is 0 Å². The molecule has 7 heteroatoms. The first-order valence-electron chi connectivity index (χ1n) is 4.34. The Bertz CT molecular complexity index is 597. The van der Waals surface area contributed by atoms with Gasteiger partial charge >= 0.3 is 5.97 Å². The van der Waals surface area contributed by atoms with Gasteiger partial charge in [-0.2, -0.15) is 0 Å². The second-order valence-electron chi connectivity index (χ2n) is 3.13.